The van der Waals surface area contributed by atoms with E-state index in [1.54, 1.807) is 23.1 Å². The Morgan fingerprint density at radius 3 is 1.97 bits per heavy atom. The number of nitrogens with zero attached hydrogens (tertiary/aromatic N) is 1. The SMILES string of the molecule is Cc1cc(S(=O)(=O)[C@@]2(c3ccc(C(F)(C(F)(F)F)C(F)(F)F)cc3)CCN(Cc3ccccc3)C2)ccc1F. The molecular formula is C27H23F8NO2S. The minimum atomic E-state index is -6.30. The van der Waals surface area contributed by atoms with Crippen LogP contribution >= 0.6 is 0 Å². The number of benzene rings is 3. The summed E-state index contributed by atoms with van der Waals surface area (Å²) in [6, 6.07) is 14.4. The Morgan fingerprint density at radius 2 is 1.44 bits per heavy atom. The van der Waals surface area contributed by atoms with Gasteiger partial charge in [0.25, 0.3) is 0 Å². The highest BCUT2D eigenvalue weighted by molar-refractivity contribution is 7.92. The lowest BCUT2D eigenvalue weighted by Crippen LogP contribution is -2.50. The average molecular weight is 578 g/mol. The van der Waals surface area contributed by atoms with E-state index >= 15 is 0 Å². The molecule has 210 valence electrons. The number of rotatable bonds is 6. The van der Waals surface area contributed by atoms with Crippen molar-refractivity contribution >= 4 is 9.84 Å². The van der Waals surface area contributed by atoms with E-state index in [0.717, 1.165) is 35.9 Å². The molecule has 0 spiro atoms. The van der Waals surface area contributed by atoms with Crippen molar-refractivity contribution in [3.63, 3.8) is 0 Å². The van der Waals surface area contributed by atoms with Crippen LogP contribution in [-0.2, 0) is 26.8 Å². The number of alkyl halides is 7. The largest absolute Gasteiger partial charge is 0.435 e. The summed E-state index contributed by atoms with van der Waals surface area (Å²) < 4.78 is 134. The van der Waals surface area contributed by atoms with E-state index in [0.29, 0.717) is 18.7 Å². The third-order valence-electron chi connectivity index (χ3n) is 7.10. The molecule has 4 rings (SSSR count). The average Bonchev–Trinajstić information content (AvgIpc) is 3.30. The zero-order valence-electron chi connectivity index (χ0n) is 20.5. The van der Waals surface area contributed by atoms with Crippen molar-refractivity contribution in [2.24, 2.45) is 0 Å². The molecule has 3 aromatic rings. The van der Waals surface area contributed by atoms with Crippen molar-refractivity contribution < 1.29 is 43.5 Å². The van der Waals surface area contributed by atoms with Gasteiger partial charge in [0.2, 0.25) is 0 Å². The smallest absolute Gasteiger partial charge is 0.297 e. The van der Waals surface area contributed by atoms with Crippen LogP contribution in [0.3, 0.4) is 0 Å². The zero-order valence-corrected chi connectivity index (χ0v) is 21.3. The molecule has 12 heteroatoms. The van der Waals surface area contributed by atoms with Crippen molar-refractivity contribution in [2.75, 3.05) is 13.1 Å². The van der Waals surface area contributed by atoms with Crippen LogP contribution in [0.4, 0.5) is 35.1 Å². The Balaban J connectivity index is 1.82. The second kappa shape index (κ2) is 9.88. The first-order chi connectivity index (χ1) is 18.0. The van der Waals surface area contributed by atoms with Gasteiger partial charge in [-0.05, 0) is 48.2 Å². The van der Waals surface area contributed by atoms with Crippen LogP contribution in [-0.4, -0.2) is 38.8 Å². The van der Waals surface area contributed by atoms with Gasteiger partial charge >= 0.3 is 18.0 Å². The topological polar surface area (TPSA) is 37.4 Å². The number of hydrogen-bond acceptors (Lipinski definition) is 3. The van der Waals surface area contributed by atoms with E-state index < -0.39 is 44.0 Å². The van der Waals surface area contributed by atoms with Crippen LogP contribution in [0.15, 0.2) is 77.7 Å². The van der Waals surface area contributed by atoms with Crippen molar-refractivity contribution in [1.82, 2.24) is 4.90 Å². The fourth-order valence-electron chi connectivity index (χ4n) is 4.95. The summed E-state index contributed by atoms with van der Waals surface area (Å²) in [6.45, 7) is 1.77. The maximum Gasteiger partial charge on any atom is 0.435 e. The maximum atomic E-state index is 14.6. The minimum Gasteiger partial charge on any atom is -0.297 e. The first-order valence-corrected chi connectivity index (χ1v) is 13.2. The van der Waals surface area contributed by atoms with Crippen LogP contribution < -0.4 is 0 Å². The van der Waals surface area contributed by atoms with E-state index in [2.05, 4.69) is 0 Å². The molecule has 0 unspecified atom stereocenters. The molecule has 0 radical (unpaired) electrons. The fourth-order valence-corrected chi connectivity index (χ4v) is 7.14. The number of aryl methyl sites for hydroxylation is 1. The van der Waals surface area contributed by atoms with E-state index in [1.807, 2.05) is 12.1 Å². The van der Waals surface area contributed by atoms with E-state index in [1.165, 1.54) is 6.92 Å². The monoisotopic (exact) mass is 577 g/mol. The molecule has 1 atom stereocenters. The summed E-state index contributed by atoms with van der Waals surface area (Å²) in [5.41, 5.74) is -6.56. The molecule has 3 aromatic carbocycles. The van der Waals surface area contributed by atoms with Gasteiger partial charge in [0.05, 0.1) is 4.90 Å². The number of halogens is 8. The van der Waals surface area contributed by atoms with E-state index in [9.17, 15) is 43.5 Å². The molecule has 0 aliphatic carbocycles. The Morgan fingerprint density at radius 1 is 0.846 bits per heavy atom. The van der Waals surface area contributed by atoms with Crippen molar-refractivity contribution in [3.05, 3.63) is 101 Å². The van der Waals surface area contributed by atoms with Gasteiger partial charge in [-0.1, -0.05) is 54.6 Å². The van der Waals surface area contributed by atoms with Gasteiger partial charge in [0.1, 0.15) is 10.6 Å². The van der Waals surface area contributed by atoms with Crippen LogP contribution in [0.1, 0.15) is 28.7 Å². The summed E-state index contributed by atoms with van der Waals surface area (Å²) in [4.78, 5) is 1.54. The highest BCUT2D eigenvalue weighted by Gasteiger charge is 2.73. The summed E-state index contributed by atoms with van der Waals surface area (Å²) in [6.07, 6.45) is -12.7. The molecule has 1 aliphatic rings. The van der Waals surface area contributed by atoms with E-state index in [-0.39, 0.29) is 35.5 Å². The lowest BCUT2D eigenvalue weighted by molar-refractivity contribution is -0.348. The van der Waals surface area contributed by atoms with Gasteiger partial charge in [-0.25, -0.2) is 17.2 Å². The van der Waals surface area contributed by atoms with Crippen LogP contribution in [0.2, 0.25) is 0 Å². The number of likely N-dealkylation sites (tertiary alicyclic amines) is 1. The molecule has 3 nitrogen and oxygen atoms in total. The van der Waals surface area contributed by atoms with Gasteiger partial charge in [0.15, 0.2) is 9.84 Å². The van der Waals surface area contributed by atoms with Gasteiger partial charge in [0, 0.05) is 25.2 Å². The lowest BCUT2D eigenvalue weighted by Gasteiger charge is -2.32. The van der Waals surface area contributed by atoms with Crippen LogP contribution in [0, 0.1) is 12.7 Å². The number of hydrogen-bond donors (Lipinski definition) is 0. The quantitative estimate of drug-likeness (QED) is 0.234. The molecule has 0 saturated carbocycles. The highest BCUT2D eigenvalue weighted by atomic mass is 32.2. The highest BCUT2D eigenvalue weighted by Crippen LogP contribution is 2.54. The molecule has 1 fully saturated rings. The summed E-state index contributed by atoms with van der Waals surface area (Å²) in [7, 11) is -4.37. The molecule has 1 heterocycles. The molecule has 0 amide bonds. The first kappa shape index (κ1) is 29.0. The molecule has 0 N–H and O–H groups in total. The Bertz CT molecular complexity index is 1420. The Hall–Kier alpha value is -2.99. The summed E-state index contributed by atoms with van der Waals surface area (Å²) >= 11 is 0. The second-order valence-corrected chi connectivity index (χ2v) is 11.8. The van der Waals surface area contributed by atoms with E-state index in [4.69, 9.17) is 0 Å². The van der Waals surface area contributed by atoms with Crippen LogP contribution in [0.25, 0.3) is 0 Å². The maximum absolute atomic E-state index is 14.6. The fraction of sp³-hybridized carbons (Fsp3) is 0.333. The molecule has 1 saturated heterocycles. The molecule has 1 aliphatic heterocycles. The van der Waals surface area contributed by atoms with Crippen LogP contribution in [0.5, 0.6) is 0 Å². The normalized spacial score (nSPS) is 19.4. The molecule has 0 aromatic heterocycles. The zero-order chi connectivity index (χ0) is 28.9. The van der Waals surface area contributed by atoms with Gasteiger partial charge in [-0.3, -0.25) is 4.90 Å². The van der Waals surface area contributed by atoms with Gasteiger partial charge in [-0.2, -0.15) is 26.3 Å². The third-order valence-corrected chi connectivity index (χ3v) is 9.58. The number of sulfone groups is 1. The molecule has 39 heavy (non-hydrogen) atoms. The Kier molecular flexibility index (Phi) is 7.35. The third kappa shape index (κ3) is 4.93. The molecular weight excluding hydrogens is 554 g/mol. The molecule has 0 bridgehead atoms. The lowest BCUT2D eigenvalue weighted by atomic mass is 9.90. The Labute approximate surface area is 220 Å². The second-order valence-electron chi connectivity index (χ2n) is 9.59. The summed E-state index contributed by atoms with van der Waals surface area (Å²) in [5, 5.41) is 0. The summed E-state index contributed by atoms with van der Waals surface area (Å²) in [5.74, 6) is -0.650. The predicted molar refractivity (Wildman–Crippen MR) is 128 cm³/mol. The van der Waals surface area contributed by atoms with Crippen molar-refractivity contribution in [3.8, 4) is 0 Å². The predicted octanol–water partition coefficient (Wildman–Crippen LogP) is 7.00. The van der Waals surface area contributed by atoms with Gasteiger partial charge < -0.3 is 0 Å². The first-order valence-electron chi connectivity index (χ1n) is 11.7. The van der Waals surface area contributed by atoms with Gasteiger partial charge in [-0.15, -0.1) is 0 Å². The standard InChI is InChI=1S/C27H23F8NO2S/c1-18-15-22(11-12-23(18)28)39(37,38)24(13-14-36(17-24)16-19-5-3-2-4-6-19)20-7-9-21(10-8-20)25(29,26(30,31)32)27(33,34)35/h2-12,15H,13-14,16-17H2,1H3/t24-/m0/s1. The minimum absolute atomic E-state index is 0.0401. The van der Waals surface area contributed by atoms with Crippen molar-refractivity contribution in [2.45, 2.75) is 47.6 Å². The van der Waals surface area contributed by atoms with Crippen molar-refractivity contribution in [1.29, 1.82) is 0 Å².